The molecule has 0 saturated heterocycles. The van der Waals surface area contributed by atoms with E-state index in [2.05, 4.69) is 77.1 Å². The minimum atomic E-state index is -0.774. The number of hydrogen-bond acceptors (Lipinski definition) is 26. The van der Waals surface area contributed by atoms with Gasteiger partial charge in [-0.25, -0.2) is 52.7 Å². The fourth-order valence-electron chi connectivity index (χ4n) is 12.6. The van der Waals surface area contributed by atoms with E-state index in [9.17, 15) is 51.5 Å². The molecule has 12 heterocycles. The first-order chi connectivity index (χ1) is 57.3. The summed E-state index contributed by atoms with van der Waals surface area (Å²) < 4.78 is 76.4. The van der Waals surface area contributed by atoms with Gasteiger partial charge in [-0.1, -0.05) is 11.6 Å². The zero-order valence-electron chi connectivity index (χ0n) is 67.1. The van der Waals surface area contributed by atoms with Crippen LogP contribution in [0.3, 0.4) is 0 Å². The highest BCUT2D eigenvalue weighted by molar-refractivity contribution is 6.30. The second kappa shape index (κ2) is 36.4. The fraction of sp³-hybridized carbons (Fsp3) is 0.329. The summed E-state index contributed by atoms with van der Waals surface area (Å²) >= 11 is 6.15. The number of carbonyl (C=O) groups excluding carboxylic acids is 5. The van der Waals surface area contributed by atoms with E-state index in [0.29, 0.717) is 23.1 Å². The molecule has 12 aromatic rings. The molecule has 0 aliphatic heterocycles. The molecule has 3 saturated carbocycles. The smallest absolute Gasteiger partial charge is 0.415 e. The van der Waals surface area contributed by atoms with Crippen LogP contribution in [0.25, 0.3) is 34.4 Å². The van der Waals surface area contributed by atoms with E-state index >= 15 is 0 Å². The van der Waals surface area contributed by atoms with Crippen molar-refractivity contribution < 1.29 is 60.8 Å². The molecule has 120 heavy (non-hydrogen) atoms. The zero-order chi connectivity index (χ0) is 86.2. The van der Waals surface area contributed by atoms with Gasteiger partial charge < -0.3 is 61.3 Å². The number of rotatable bonds is 19. The Balaban J connectivity index is 0.000000154. The number of nitrogens with two attached hydrogens (primary N) is 1. The van der Waals surface area contributed by atoms with Crippen molar-refractivity contribution in [3.8, 4) is 17.5 Å². The highest BCUT2D eigenvalue weighted by Crippen LogP contribution is 2.31. The highest BCUT2D eigenvalue weighted by Gasteiger charge is 2.37. The van der Waals surface area contributed by atoms with Crippen molar-refractivity contribution in [2.24, 2.45) is 0 Å². The first-order valence-electron chi connectivity index (χ1n) is 37.5. The minimum absolute atomic E-state index is 0.0104. The summed E-state index contributed by atoms with van der Waals surface area (Å²) in [4.78, 5) is 130. The van der Waals surface area contributed by atoms with Gasteiger partial charge in [-0.15, -0.1) is 0 Å². The third-order valence-corrected chi connectivity index (χ3v) is 19.3. The Labute approximate surface area is 687 Å². The van der Waals surface area contributed by atoms with E-state index in [1.165, 1.54) is 154 Å². The minimum Gasteiger partial charge on any atom is -0.443 e. The lowest BCUT2D eigenvalue weighted by Crippen LogP contribution is -2.51. The molecular weight excluding hydrogens is 1590 g/mol. The molecule has 3 fully saturated rings. The molecule has 628 valence electrons. The number of ether oxygens (including phenoxy) is 5. The topological polar surface area (TPSA) is 431 Å². The number of halogens is 4. The van der Waals surface area contributed by atoms with Crippen molar-refractivity contribution in [3.05, 3.63) is 217 Å². The second-order valence-electron chi connectivity index (χ2n) is 29.5. The standard InChI is InChI=1S/C28H31FN8O5.C23H23FN8O3.C18H24ClN5O4.C10H8FN3O/c1-28(2,3)42-27(40)35(4)22-14-21(32-19-9-7-13-36(26(19)39)24-17(29)8-6-12-30-24)34-23-16(15-31-37(22)23)25(38)33-18-10-11-20(18)41-5;1-25-19-11-18(28-16-6-4-10-31(23(16)34)21-14(24)5-3-9-26-21)30-20-13(12-27-32(19)20)22(33)29-15-7-8-17(15)35-2;1-18(2,3)28-17(26)23(4)14-8-13(19)22-15-10(9-20-24(14)15)16(25)21-11-6-7-12(11)27-5;11-7-3-1-5-13-9(7)14-6-2-4-8(12)10(14)15/h6-9,12-15,18,20H,10-11H2,1-5H3,(H,32,34)(H,33,38);3-6,9-12,15,17,25H,7-8H2,1-2H3,(H,28,30)(H,29,33);8-9,11-12H,6-7H2,1-5H3,(H,21,25);1-6H,12H2/t18?,20-;15?,17-;11?,12-;/m111./s1. The van der Waals surface area contributed by atoms with Crippen molar-refractivity contribution in [2.45, 2.75) is 128 Å². The van der Waals surface area contributed by atoms with E-state index in [1.807, 2.05) is 0 Å². The summed E-state index contributed by atoms with van der Waals surface area (Å²) in [5.41, 5.74) is 4.06. The maximum atomic E-state index is 14.4. The Morgan fingerprint density at radius 1 is 0.492 bits per heavy atom. The summed E-state index contributed by atoms with van der Waals surface area (Å²) in [5, 5.41) is 30.7. The van der Waals surface area contributed by atoms with Crippen molar-refractivity contribution in [3.63, 3.8) is 0 Å². The van der Waals surface area contributed by atoms with Gasteiger partial charge in [0.05, 0.1) is 60.7 Å². The number of methoxy groups -OCH3 is 3. The van der Waals surface area contributed by atoms with Crippen LogP contribution in [0.5, 0.6) is 0 Å². The molecule has 3 unspecified atom stereocenters. The first-order valence-corrected chi connectivity index (χ1v) is 37.9. The summed E-state index contributed by atoms with van der Waals surface area (Å²) in [6, 6.07) is 21.5. The van der Waals surface area contributed by atoms with Gasteiger partial charge in [0.1, 0.15) is 73.5 Å². The Kier molecular flexibility index (Phi) is 26.0. The molecule has 12 aromatic heterocycles. The molecule has 0 spiro atoms. The van der Waals surface area contributed by atoms with Crippen LogP contribution in [0.2, 0.25) is 5.15 Å². The number of carbonyl (C=O) groups is 5. The second-order valence-corrected chi connectivity index (χ2v) is 29.9. The number of pyridine rings is 6. The summed E-state index contributed by atoms with van der Waals surface area (Å²) in [5.74, 6) is -1.72. The molecule has 0 radical (unpaired) electrons. The van der Waals surface area contributed by atoms with Gasteiger partial charge in [-0.3, -0.25) is 52.3 Å². The predicted octanol–water partition coefficient (Wildman–Crippen LogP) is 9.16. The van der Waals surface area contributed by atoms with Crippen LogP contribution in [0.4, 0.5) is 68.9 Å². The van der Waals surface area contributed by atoms with E-state index in [0.717, 1.165) is 52.2 Å². The Morgan fingerprint density at radius 3 is 1.22 bits per heavy atom. The van der Waals surface area contributed by atoms with Crippen LogP contribution in [0, 0.1) is 17.5 Å². The van der Waals surface area contributed by atoms with Gasteiger partial charge in [-0.05, 0) is 153 Å². The number of anilines is 8. The Bertz CT molecular complexity index is 6020. The fourth-order valence-corrected chi connectivity index (χ4v) is 12.7. The quantitative estimate of drug-likeness (QED) is 0.0371. The van der Waals surface area contributed by atoms with Crippen molar-refractivity contribution in [1.82, 2.24) is 88.4 Å². The molecule has 6 atom stereocenters. The number of amides is 5. The monoisotopic (exact) mass is 1670 g/mol. The molecule has 41 heteroatoms. The SMILES string of the molecule is CNc1cc(Nc2cccn(-c3ncccc3F)c2=O)nc2c(C(=O)NC3CC[C@H]3OC)cnn12.CO[C@@H]1CCC1NC(=O)c1cnn2c(N(C)C(=O)OC(C)(C)C)cc(Cl)nc12.CO[C@@H]1CCC1NC(=O)c1cnn2c(N(C)C(=O)OC(C)(C)C)cc(Nc3cccn(-c4ncccc4F)c3=O)nc12.Nc1cccn(-c2ncccc2F)c1=O. The average Bonchev–Trinajstić information content (AvgIpc) is 1.54. The number of fused-ring (bicyclic) bond motifs is 3. The lowest BCUT2D eigenvalue weighted by molar-refractivity contribution is 0.00731. The molecule has 0 bridgehead atoms. The zero-order valence-corrected chi connectivity index (χ0v) is 67.8. The molecule has 5 amide bonds. The maximum absolute atomic E-state index is 14.4. The highest BCUT2D eigenvalue weighted by atomic mass is 35.5. The number of nitrogens with one attached hydrogen (secondary N) is 6. The molecule has 3 aliphatic carbocycles. The van der Waals surface area contributed by atoms with Crippen LogP contribution in [0.15, 0.2) is 161 Å². The molecule has 3 aliphatic rings. The van der Waals surface area contributed by atoms with Crippen LogP contribution in [0.1, 0.15) is 111 Å². The van der Waals surface area contributed by atoms with E-state index in [1.54, 1.807) is 100 Å². The molecule has 8 N–H and O–H groups in total. The van der Waals surface area contributed by atoms with Gasteiger partial charge in [0, 0.05) is 97.9 Å². The first kappa shape index (κ1) is 85.6. The van der Waals surface area contributed by atoms with Gasteiger partial charge >= 0.3 is 12.2 Å². The number of nitrogens with zero attached hydrogens (tertiary/aromatic N) is 17. The van der Waals surface area contributed by atoms with Crippen LogP contribution >= 0.6 is 11.6 Å². The van der Waals surface area contributed by atoms with Gasteiger partial charge in [0.2, 0.25) is 0 Å². The number of aromatic nitrogens is 15. The van der Waals surface area contributed by atoms with Crippen LogP contribution < -0.4 is 64.1 Å². The number of nitrogen functional groups attached to an aromatic ring is 1. The average molecular weight is 1670 g/mol. The molecule has 15 rings (SSSR count). The molecule has 0 aromatic carbocycles. The normalized spacial score (nSPS) is 16.5. The largest absolute Gasteiger partial charge is 0.443 e. The Morgan fingerprint density at radius 2 is 0.850 bits per heavy atom. The molecular formula is C79H86ClF3N24O13. The van der Waals surface area contributed by atoms with Crippen molar-refractivity contribution in [1.29, 1.82) is 0 Å². The van der Waals surface area contributed by atoms with Crippen molar-refractivity contribution >= 4 is 105 Å². The van der Waals surface area contributed by atoms with Crippen molar-refractivity contribution in [2.75, 3.05) is 74.0 Å². The van der Waals surface area contributed by atoms with Gasteiger partial charge in [0.25, 0.3) is 34.4 Å². The summed E-state index contributed by atoms with van der Waals surface area (Å²) in [6.45, 7) is 10.5. The third kappa shape index (κ3) is 19.1. The van der Waals surface area contributed by atoms with Crippen LogP contribution in [-0.2, 0) is 23.7 Å². The number of hydrogen-bond donors (Lipinski definition) is 7. The van der Waals surface area contributed by atoms with Gasteiger partial charge in [0.15, 0.2) is 51.8 Å². The molecule has 37 nitrogen and oxygen atoms in total. The third-order valence-electron chi connectivity index (χ3n) is 19.1. The maximum Gasteiger partial charge on any atom is 0.415 e. The van der Waals surface area contributed by atoms with E-state index in [4.69, 9.17) is 41.0 Å². The van der Waals surface area contributed by atoms with Gasteiger partial charge in [-0.2, -0.15) is 28.8 Å². The predicted molar refractivity (Wildman–Crippen MR) is 437 cm³/mol. The lowest BCUT2D eigenvalue weighted by atomic mass is 9.89. The summed E-state index contributed by atoms with van der Waals surface area (Å²) in [6.07, 6.45) is 16.4. The Hall–Kier alpha value is -13.7. The summed E-state index contributed by atoms with van der Waals surface area (Å²) in [7, 11) is 9.57. The van der Waals surface area contributed by atoms with E-state index in [-0.39, 0.29) is 128 Å². The van der Waals surface area contributed by atoms with E-state index < -0.39 is 63.4 Å². The lowest BCUT2D eigenvalue weighted by Gasteiger charge is -2.35. The van der Waals surface area contributed by atoms with Crippen LogP contribution in [-0.4, -0.2) is 192 Å².